The number of unbranched alkanes of at least 4 members (excludes halogenated alkanes) is 1. The van der Waals surface area contributed by atoms with E-state index in [0.717, 1.165) is 45.3 Å². The summed E-state index contributed by atoms with van der Waals surface area (Å²) in [7, 11) is 0. The van der Waals surface area contributed by atoms with Gasteiger partial charge in [-0.1, -0.05) is 50.1 Å². The molecule has 1 amide bonds. The number of carboxylic acid groups (broad SMARTS) is 1. The summed E-state index contributed by atoms with van der Waals surface area (Å²) >= 11 is 0. The van der Waals surface area contributed by atoms with Crippen molar-refractivity contribution in [1.82, 2.24) is 10.2 Å². The van der Waals surface area contributed by atoms with Crippen LogP contribution in [0.1, 0.15) is 44.6 Å². The first-order valence-electron chi connectivity index (χ1n) is 8.89. The second kappa shape index (κ2) is 9.42. The first kappa shape index (κ1) is 18.5. The molecule has 132 valence electrons. The molecule has 1 atom stereocenters. The van der Waals surface area contributed by atoms with Gasteiger partial charge in [-0.05, 0) is 37.9 Å². The number of nitrogens with one attached hydrogen (secondary N) is 1. The van der Waals surface area contributed by atoms with Crippen LogP contribution in [-0.2, 0) is 16.1 Å². The molecule has 2 N–H and O–H groups in total. The molecule has 1 saturated heterocycles. The van der Waals surface area contributed by atoms with Crippen LogP contribution in [0.2, 0.25) is 0 Å². The van der Waals surface area contributed by atoms with Crippen LogP contribution in [0.15, 0.2) is 30.3 Å². The summed E-state index contributed by atoms with van der Waals surface area (Å²) in [5.41, 5.74) is 1.28. The van der Waals surface area contributed by atoms with Crippen molar-refractivity contribution in [2.45, 2.75) is 51.6 Å². The fourth-order valence-corrected chi connectivity index (χ4v) is 3.15. The smallest absolute Gasteiger partial charge is 0.326 e. The number of nitrogens with zero attached hydrogens (tertiary/aromatic N) is 1. The molecule has 1 aliphatic rings. The lowest BCUT2D eigenvalue weighted by Crippen LogP contribution is -2.46. The Labute approximate surface area is 144 Å². The number of carbonyl (C=O) groups is 2. The molecule has 0 aromatic heterocycles. The number of hydrogen-bond acceptors (Lipinski definition) is 3. The predicted molar refractivity (Wildman–Crippen MR) is 93.5 cm³/mol. The summed E-state index contributed by atoms with van der Waals surface area (Å²) in [6.07, 6.45) is 3.83. The zero-order valence-electron chi connectivity index (χ0n) is 14.4. The Morgan fingerprint density at radius 2 is 1.92 bits per heavy atom. The van der Waals surface area contributed by atoms with E-state index in [1.807, 2.05) is 25.1 Å². The number of aliphatic carboxylic acids is 1. The van der Waals surface area contributed by atoms with Crippen LogP contribution in [0.25, 0.3) is 0 Å². The van der Waals surface area contributed by atoms with Gasteiger partial charge in [0.1, 0.15) is 6.04 Å². The number of benzene rings is 1. The molecule has 5 heteroatoms. The van der Waals surface area contributed by atoms with Crippen LogP contribution in [0.5, 0.6) is 0 Å². The van der Waals surface area contributed by atoms with Gasteiger partial charge in [0.15, 0.2) is 0 Å². The van der Waals surface area contributed by atoms with Gasteiger partial charge in [-0.25, -0.2) is 4.79 Å². The third kappa shape index (κ3) is 5.64. The summed E-state index contributed by atoms with van der Waals surface area (Å²) < 4.78 is 0. The minimum absolute atomic E-state index is 0.0690. The highest BCUT2D eigenvalue weighted by molar-refractivity contribution is 5.85. The van der Waals surface area contributed by atoms with Crippen molar-refractivity contribution in [1.29, 1.82) is 0 Å². The molecule has 0 spiro atoms. The Kier molecular flexibility index (Phi) is 7.25. The SMILES string of the molecule is CCCC[C@H](NC(=O)C1CCN(Cc2ccccc2)CC1)C(=O)O. The number of piperidine rings is 1. The predicted octanol–water partition coefficient (Wildman–Crippen LogP) is 2.66. The third-order valence-electron chi connectivity index (χ3n) is 4.67. The van der Waals surface area contributed by atoms with Crippen molar-refractivity contribution in [2.24, 2.45) is 5.92 Å². The van der Waals surface area contributed by atoms with Gasteiger partial charge in [-0.15, -0.1) is 0 Å². The minimum Gasteiger partial charge on any atom is -0.480 e. The molecule has 1 aromatic rings. The standard InChI is InChI=1S/C19H28N2O3/c1-2-3-9-17(19(23)24)20-18(22)16-10-12-21(13-11-16)14-15-7-5-4-6-8-15/h4-8,16-17H,2-3,9-14H2,1H3,(H,20,22)(H,23,24)/t17-/m0/s1. The highest BCUT2D eigenvalue weighted by Crippen LogP contribution is 2.19. The zero-order chi connectivity index (χ0) is 17.4. The van der Waals surface area contributed by atoms with Gasteiger partial charge in [0.2, 0.25) is 5.91 Å². The van der Waals surface area contributed by atoms with Gasteiger partial charge in [-0.3, -0.25) is 9.69 Å². The Hall–Kier alpha value is -1.88. The van der Waals surface area contributed by atoms with Crippen molar-refractivity contribution in [3.05, 3.63) is 35.9 Å². The molecule has 0 saturated carbocycles. The monoisotopic (exact) mass is 332 g/mol. The fraction of sp³-hybridized carbons (Fsp3) is 0.579. The van der Waals surface area contributed by atoms with E-state index < -0.39 is 12.0 Å². The zero-order valence-corrected chi connectivity index (χ0v) is 14.4. The van der Waals surface area contributed by atoms with Crippen molar-refractivity contribution in [3.8, 4) is 0 Å². The van der Waals surface area contributed by atoms with Crippen LogP contribution in [0.3, 0.4) is 0 Å². The molecule has 24 heavy (non-hydrogen) atoms. The molecule has 1 aliphatic heterocycles. The van der Waals surface area contributed by atoms with Gasteiger partial charge in [0, 0.05) is 12.5 Å². The maximum Gasteiger partial charge on any atom is 0.326 e. The van der Waals surface area contributed by atoms with Gasteiger partial charge in [-0.2, -0.15) is 0 Å². The number of rotatable bonds is 8. The lowest BCUT2D eigenvalue weighted by atomic mass is 9.95. The molecule has 0 aliphatic carbocycles. The Morgan fingerprint density at radius 3 is 2.50 bits per heavy atom. The van der Waals surface area contributed by atoms with Gasteiger partial charge in [0.05, 0.1) is 0 Å². The van der Waals surface area contributed by atoms with Crippen LogP contribution in [0.4, 0.5) is 0 Å². The Bertz CT molecular complexity index is 525. The van der Waals surface area contributed by atoms with E-state index >= 15 is 0 Å². The molecule has 0 unspecified atom stereocenters. The van der Waals surface area contributed by atoms with Crippen molar-refractivity contribution in [3.63, 3.8) is 0 Å². The molecule has 1 aromatic carbocycles. The van der Waals surface area contributed by atoms with E-state index in [9.17, 15) is 14.7 Å². The lowest BCUT2D eigenvalue weighted by Gasteiger charge is -2.31. The molecule has 1 heterocycles. The number of amides is 1. The highest BCUT2D eigenvalue weighted by atomic mass is 16.4. The van der Waals surface area contributed by atoms with E-state index in [1.54, 1.807) is 0 Å². The van der Waals surface area contributed by atoms with Crippen LogP contribution in [0, 0.1) is 5.92 Å². The van der Waals surface area contributed by atoms with Crippen molar-refractivity contribution < 1.29 is 14.7 Å². The lowest BCUT2D eigenvalue weighted by molar-refractivity contribution is -0.143. The fourth-order valence-electron chi connectivity index (χ4n) is 3.15. The number of likely N-dealkylation sites (tertiary alicyclic amines) is 1. The maximum atomic E-state index is 12.3. The summed E-state index contributed by atoms with van der Waals surface area (Å²) in [6.45, 7) is 4.67. The van der Waals surface area contributed by atoms with Gasteiger partial charge in [0.25, 0.3) is 0 Å². The average molecular weight is 332 g/mol. The summed E-state index contributed by atoms with van der Waals surface area (Å²) in [5.74, 6) is -1.10. The quantitative estimate of drug-likeness (QED) is 0.768. The van der Waals surface area contributed by atoms with E-state index in [4.69, 9.17) is 0 Å². The molecular weight excluding hydrogens is 304 g/mol. The maximum absolute atomic E-state index is 12.3. The molecule has 0 radical (unpaired) electrons. The minimum atomic E-state index is -0.932. The second-order valence-corrected chi connectivity index (χ2v) is 6.58. The molecule has 0 bridgehead atoms. The largest absolute Gasteiger partial charge is 0.480 e. The molecule has 2 rings (SSSR count). The molecular formula is C19H28N2O3. The molecule has 1 fully saturated rings. The van der Waals surface area contributed by atoms with Crippen molar-refractivity contribution in [2.75, 3.05) is 13.1 Å². The van der Waals surface area contributed by atoms with E-state index in [2.05, 4.69) is 22.3 Å². The molecule has 5 nitrogen and oxygen atoms in total. The first-order valence-corrected chi connectivity index (χ1v) is 8.89. The van der Waals surface area contributed by atoms with Crippen LogP contribution < -0.4 is 5.32 Å². The number of carboxylic acids is 1. The average Bonchev–Trinajstić information content (AvgIpc) is 2.59. The Morgan fingerprint density at radius 1 is 1.25 bits per heavy atom. The summed E-state index contributed by atoms with van der Waals surface area (Å²) in [5, 5.41) is 12.0. The second-order valence-electron chi connectivity index (χ2n) is 6.58. The normalized spacial score (nSPS) is 17.4. The van der Waals surface area contributed by atoms with Gasteiger partial charge >= 0.3 is 5.97 Å². The number of carbonyl (C=O) groups excluding carboxylic acids is 1. The highest BCUT2D eigenvalue weighted by Gasteiger charge is 2.28. The Balaban J connectivity index is 1.78. The van der Waals surface area contributed by atoms with Gasteiger partial charge < -0.3 is 10.4 Å². The summed E-state index contributed by atoms with van der Waals surface area (Å²) in [4.78, 5) is 26.0. The van der Waals surface area contributed by atoms with Crippen LogP contribution >= 0.6 is 0 Å². The van der Waals surface area contributed by atoms with Crippen LogP contribution in [-0.4, -0.2) is 41.0 Å². The number of hydrogen-bond donors (Lipinski definition) is 2. The van der Waals surface area contributed by atoms with Crippen molar-refractivity contribution >= 4 is 11.9 Å². The first-order chi connectivity index (χ1) is 11.6. The topological polar surface area (TPSA) is 69.6 Å². The van der Waals surface area contributed by atoms with E-state index in [1.165, 1.54) is 5.56 Å². The third-order valence-corrected chi connectivity index (χ3v) is 4.67. The van der Waals surface area contributed by atoms with E-state index in [0.29, 0.717) is 6.42 Å². The summed E-state index contributed by atoms with van der Waals surface area (Å²) in [6, 6.07) is 9.57. The van der Waals surface area contributed by atoms with E-state index in [-0.39, 0.29) is 11.8 Å².